The third kappa shape index (κ3) is 6.59. The lowest BCUT2D eigenvalue weighted by molar-refractivity contribution is -0.121. The van der Waals surface area contributed by atoms with Crippen LogP contribution in [0, 0.1) is 0 Å². The van der Waals surface area contributed by atoms with Crippen molar-refractivity contribution >= 4 is 12.1 Å². The van der Waals surface area contributed by atoms with Crippen LogP contribution in [-0.4, -0.2) is 25.3 Å². The molecule has 0 saturated heterocycles. The molecule has 0 atom stereocenters. The van der Waals surface area contributed by atoms with E-state index in [1.165, 1.54) is 0 Å². The van der Waals surface area contributed by atoms with Crippen molar-refractivity contribution in [2.75, 3.05) is 13.2 Å². The first kappa shape index (κ1) is 19.5. The summed E-state index contributed by atoms with van der Waals surface area (Å²) in [6.07, 6.45) is 3.63. The zero-order valence-electron chi connectivity index (χ0n) is 15.4. The number of carbonyl (C=O) groups is 1. The molecule has 0 aliphatic heterocycles. The molecule has 5 nitrogen and oxygen atoms in total. The molecule has 5 heteroatoms. The molecule has 138 valence electrons. The summed E-state index contributed by atoms with van der Waals surface area (Å²) in [5.74, 6) is 1.29. The highest BCUT2D eigenvalue weighted by Gasteiger charge is 2.06. The van der Waals surface area contributed by atoms with Crippen LogP contribution in [-0.2, 0) is 11.2 Å². The number of nitrogens with one attached hydrogen (secondary N) is 1. The molecule has 1 amide bonds. The summed E-state index contributed by atoms with van der Waals surface area (Å²) in [5, 5.41) is 4.03. The van der Waals surface area contributed by atoms with E-state index in [0.717, 1.165) is 23.3 Å². The summed E-state index contributed by atoms with van der Waals surface area (Å²) in [5.41, 5.74) is 4.53. The van der Waals surface area contributed by atoms with Crippen molar-refractivity contribution in [3.63, 3.8) is 0 Å². The largest absolute Gasteiger partial charge is 0.490 e. The summed E-state index contributed by atoms with van der Waals surface area (Å²) < 4.78 is 11.3. The van der Waals surface area contributed by atoms with Crippen molar-refractivity contribution in [1.29, 1.82) is 0 Å². The van der Waals surface area contributed by atoms with Crippen molar-refractivity contribution in [3.8, 4) is 11.5 Å². The highest BCUT2D eigenvalue weighted by molar-refractivity contribution is 5.83. The van der Waals surface area contributed by atoms with Gasteiger partial charge in [-0.15, -0.1) is 0 Å². The molecule has 26 heavy (non-hydrogen) atoms. The minimum absolute atomic E-state index is 0.113. The number of aryl methyl sites for hydroxylation is 1. The predicted molar refractivity (Wildman–Crippen MR) is 104 cm³/mol. The normalized spacial score (nSPS) is 10.7. The highest BCUT2D eigenvalue weighted by atomic mass is 16.5. The fourth-order valence-electron chi connectivity index (χ4n) is 2.34. The highest BCUT2D eigenvalue weighted by Crippen LogP contribution is 2.28. The Kier molecular flexibility index (Phi) is 8.19. The summed E-state index contributed by atoms with van der Waals surface area (Å²) in [7, 11) is 0. The van der Waals surface area contributed by atoms with E-state index in [1.807, 2.05) is 55.5 Å². The smallest absolute Gasteiger partial charge is 0.240 e. The molecular weight excluding hydrogens is 328 g/mol. The van der Waals surface area contributed by atoms with Crippen molar-refractivity contribution in [3.05, 3.63) is 59.7 Å². The standard InChI is InChI=1S/C21H26N2O3/c1-3-14-26-19-12-10-18(15-20(19)25-4-2)16-22-23-21(24)13-11-17-8-6-5-7-9-17/h5-10,12,15-16H,3-4,11,13-14H2,1-2H3,(H,23,24)/b22-16-. The van der Waals surface area contributed by atoms with E-state index in [4.69, 9.17) is 9.47 Å². The molecule has 0 aliphatic rings. The number of benzene rings is 2. The van der Waals surface area contributed by atoms with Crippen LogP contribution in [0.1, 0.15) is 37.8 Å². The molecule has 1 N–H and O–H groups in total. The van der Waals surface area contributed by atoms with Gasteiger partial charge in [0.05, 0.1) is 19.4 Å². The van der Waals surface area contributed by atoms with Gasteiger partial charge in [-0.2, -0.15) is 5.10 Å². The first-order valence-corrected chi connectivity index (χ1v) is 8.98. The van der Waals surface area contributed by atoms with Crippen LogP contribution in [0.5, 0.6) is 11.5 Å². The fourth-order valence-corrected chi connectivity index (χ4v) is 2.34. The van der Waals surface area contributed by atoms with Crippen LogP contribution < -0.4 is 14.9 Å². The second-order valence-electron chi connectivity index (χ2n) is 5.77. The quantitative estimate of drug-likeness (QED) is 0.519. The Hall–Kier alpha value is -2.82. The minimum atomic E-state index is -0.113. The van der Waals surface area contributed by atoms with Crippen LogP contribution in [0.4, 0.5) is 0 Å². The van der Waals surface area contributed by atoms with Gasteiger partial charge in [-0.05, 0) is 49.1 Å². The number of rotatable bonds is 10. The molecule has 0 bridgehead atoms. The lowest BCUT2D eigenvalue weighted by Gasteiger charge is -2.11. The van der Waals surface area contributed by atoms with Gasteiger partial charge < -0.3 is 9.47 Å². The van der Waals surface area contributed by atoms with Gasteiger partial charge in [0.15, 0.2) is 11.5 Å². The third-order valence-corrected chi connectivity index (χ3v) is 3.62. The lowest BCUT2D eigenvalue weighted by Crippen LogP contribution is -2.17. The molecule has 0 aliphatic carbocycles. The number of carbonyl (C=O) groups excluding carboxylic acids is 1. The summed E-state index contributed by atoms with van der Waals surface area (Å²) in [6, 6.07) is 15.5. The zero-order chi connectivity index (χ0) is 18.6. The second-order valence-corrected chi connectivity index (χ2v) is 5.77. The Labute approximate surface area is 155 Å². The van der Waals surface area contributed by atoms with Crippen LogP contribution >= 0.6 is 0 Å². The SMILES string of the molecule is CCCOc1ccc(/C=N\NC(=O)CCc2ccccc2)cc1OCC. The average molecular weight is 354 g/mol. The Morgan fingerprint density at radius 3 is 2.62 bits per heavy atom. The molecule has 0 fully saturated rings. The number of nitrogens with zero attached hydrogens (tertiary/aromatic N) is 1. The fraction of sp³-hybridized carbons (Fsp3) is 0.333. The number of amides is 1. The Morgan fingerprint density at radius 2 is 1.88 bits per heavy atom. The summed E-state index contributed by atoms with van der Waals surface area (Å²) >= 11 is 0. The number of hydrazone groups is 1. The van der Waals surface area contributed by atoms with Crippen molar-refractivity contribution < 1.29 is 14.3 Å². The Bertz CT molecular complexity index is 714. The minimum Gasteiger partial charge on any atom is -0.490 e. The molecule has 0 saturated carbocycles. The van der Waals surface area contributed by atoms with E-state index in [2.05, 4.69) is 17.5 Å². The van der Waals surface area contributed by atoms with E-state index in [1.54, 1.807) is 6.21 Å². The Morgan fingerprint density at radius 1 is 1.08 bits per heavy atom. The van der Waals surface area contributed by atoms with Crippen LogP contribution in [0.3, 0.4) is 0 Å². The monoisotopic (exact) mass is 354 g/mol. The maximum absolute atomic E-state index is 11.9. The molecule has 0 radical (unpaired) electrons. The van der Waals surface area contributed by atoms with E-state index in [9.17, 15) is 4.79 Å². The lowest BCUT2D eigenvalue weighted by atomic mass is 10.1. The Balaban J connectivity index is 1.88. The van der Waals surface area contributed by atoms with E-state index in [0.29, 0.717) is 31.8 Å². The number of hydrogen-bond donors (Lipinski definition) is 1. The van der Waals surface area contributed by atoms with Crippen molar-refractivity contribution in [2.24, 2.45) is 5.10 Å². The van der Waals surface area contributed by atoms with E-state index < -0.39 is 0 Å². The summed E-state index contributed by atoms with van der Waals surface area (Å²) in [4.78, 5) is 11.9. The van der Waals surface area contributed by atoms with Crippen LogP contribution in [0.25, 0.3) is 0 Å². The van der Waals surface area contributed by atoms with Crippen molar-refractivity contribution in [2.45, 2.75) is 33.1 Å². The zero-order valence-corrected chi connectivity index (χ0v) is 15.4. The number of hydrogen-bond acceptors (Lipinski definition) is 4. The van der Waals surface area contributed by atoms with Gasteiger partial charge in [-0.3, -0.25) is 4.79 Å². The van der Waals surface area contributed by atoms with Crippen LogP contribution in [0.2, 0.25) is 0 Å². The van der Waals surface area contributed by atoms with Gasteiger partial charge in [-0.1, -0.05) is 37.3 Å². The molecule has 0 spiro atoms. The average Bonchev–Trinajstić information content (AvgIpc) is 2.67. The van der Waals surface area contributed by atoms with Gasteiger partial charge in [0.1, 0.15) is 0 Å². The third-order valence-electron chi connectivity index (χ3n) is 3.62. The van der Waals surface area contributed by atoms with Gasteiger partial charge >= 0.3 is 0 Å². The predicted octanol–water partition coefficient (Wildman–Crippen LogP) is 3.96. The topological polar surface area (TPSA) is 59.9 Å². The molecule has 2 aromatic rings. The maximum Gasteiger partial charge on any atom is 0.240 e. The second kappa shape index (κ2) is 10.9. The molecule has 0 aromatic heterocycles. The molecular formula is C21H26N2O3. The first-order valence-electron chi connectivity index (χ1n) is 8.98. The first-order chi connectivity index (χ1) is 12.7. The van der Waals surface area contributed by atoms with Crippen molar-refractivity contribution in [1.82, 2.24) is 5.43 Å². The molecule has 0 unspecified atom stereocenters. The molecule has 2 aromatic carbocycles. The maximum atomic E-state index is 11.9. The van der Waals surface area contributed by atoms with Gasteiger partial charge in [0.2, 0.25) is 5.91 Å². The molecule has 0 heterocycles. The van der Waals surface area contributed by atoms with Gasteiger partial charge in [0, 0.05) is 6.42 Å². The molecule has 2 rings (SSSR count). The van der Waals surface area contributed by atoms with E-state index >= 15 is 0 Å². The van der Waals surface area contributed by atoms with E-state index in [-0.39, 0.29) is 5.91 Å². The van der Waals surface area contributed by atoms with Crippen LogP contribution in [0.15, 0.2) is 53.6 Å². The number of ether oxygens (including phenoxy) is 2. The van der Waals surface area contributed by atoms with Gasteiger partial charge in [0.25, 0.3) is 0 Å². The summed E-state index contributed by atoms with van der Waals surface area (Å²) in [6.45, 7) is 5.18. The van der Waals surface area contributed by atoms with Gasteiger partial charge in [-0.25, -0.2) is 5.43 Å².